The fourth-order valence-corrected chi connectivity index (χ4v) is 6.12. The lowest BCUT2D eigenvalue weighted by Crippen LogP contribution is -2.28. The third kappa shape index (κ3) is 6.33. The van der Waals surface area contributed by atoms with Crippen LogP contribution in [-0.4, -0.2) is 5.78 Å². The van der Waals surface area contributed by atoms with Crippen LogP contribution in [0.15, 0.2) is 47.6 Å². The summed E-state index contributed by atoms with van der Waals surface area (Å²) in [5.41, 5.74) is 4.25. The van der Waals surface area contributed by atoms with E-state index in [-0.39, 0.29) is 5.92 Å². The molecule has 0 aromatic carbocycles. The SMILES string of the molecule is C=C1CC[C@H](C(C)=O)C/C1=C\C=C1/CCC[C@@H]2C[C@H]1CC[C@@H]2[C@H](C)/C=C/[C@H](C)C(C)C. The maximum atomic E-state index is 11.9. The molecule has 0 N–H and O–H groups in total. The van der Waals surface area contributed by atoms with Crippen molar-refractivity contribution in [3.05, 3.63) is 47.6 Å². The highest BCUT2D eigenvalue weighted by Gasteiger charge is 2.35. The highest BCUT2D eigenvalue weighted by molar-refractivity contribution is 5.79. The molecule has 2 bridgehead atoms. The van der Waals surface area contributed by atoms with Crippen LogP contribution < -0.4 is 0 Å². The second-order valence-electron chi connectivity index (χ2n) is 11.3. The van der Waals surface area contributed by atoms with Crippen LogP contribution in [0.5, 0.6) is 0 Å². The average Bonchev–Trinajstić information content (AvgIpc) is 2.89. The summed E-state index contributed by atoms with van der Waals surface area (Å²) >= 11 is 0. The Bertz CT molecular complexity index is 734. The van der Waals surface area contributed by atoms with Gasteiger partial charge in [0, 0.05) is 5.92 Å². The van der Waals surface area contributed by atoms with Gasteiger partial charge in [0.2, 0.25) is 0 Å². The van der Waals surface area contributed by atoms with Crippen LogP contribution in [0, 0.1) is 41.4 Å². The smallest absolute Gasteiger partial charge is 0.133 e. The fraction of sp³-hybridized carbons (Fsp3) is 0.700. The van der Waals surface area contributed by atoms with Gasteiger partial charge >= 0.3 is 0 Å². The van der Waals surface area contributed by atoms with Crippen LogP contribution in [0.2, 0.25) is 0 Å². The first-order valence-corrected chi connectivity index (χ1v) is 13.0. The summed E-state index contributed by atoms with van der Waals surface area (Å²) in [5, 5.41) is 0. The Labute approximate surface area is 192 Å². The third-order valence-corrected chi connectivity index (χ3v) is 8.84. The quantitative estimate of drug-likeness (QED) is 0.392. The molecule has 0 aromatic rings. The molecule has 0 aromatic heterocycles. The number of allylic oxidation sites excluding steroid dienone is 7. The van der Waals surface area contributed by atoms with E-state index in [1.54, 1.807) is 12.5 Å². The molecule has 1 heteroatoms. The molecule has 0 unspecified atom stereocenters. The first-order chi connectivity index (χ1) is 14.8. The number of carbonyl (C=O) groups excluding carboxylic acids is 1. The Balaban J connectivity index is 1.66. The predicted molar refractivity (Wildman–Crippen MR) is 134 cm³/mol. The third-order valence-electron chi connectivity index (χ3n) is 8.84. The van der Waals surface area contributed by atoms with Crippen molar-refractivity contribution in [2.24, 2.45) is 41.4 Å². The summed E-state index contributed by atoms with van der Waals surface area (Å²) in [6, 6.07) is 0. The zero-order valence-electron chi connectivity index (χ0n) is 20.8. The minimum Gasteiger partial charge on any atom is -0.300 e. The van der Waals surface area contributed by atoms with Crippen molar-refractivity contribution in [1.82, 2.24) is 0 Å². The van der Waals surface area contributed by atoms with Crippen molar-refractivity contribution in [1.29, 1.82) is 0 Å². The first kappa shape index (κ1) is 24.3. The van der Waals surface area contributed by atoms with E-state index >= 15 is 0 Å². The zero-order valence-corrected chi connectivity index (χ0v) is 20.8. The molecule has 0 aliphatic heterocycles. The molecule has 0 amide bonds. The number of hydrogen-bond donors (Lipinski definition) is 0. The van der Waals surface area contributed by atoms with Gasteiger partial charge in [-0.1, -0.05) is 69.7 Å². The molecular weight excluding hydrogens is 376 g/mol. The minimum atomic E-state index is 0.206. The molecule has 31 heavy (non-hydrogen) atoms. The van der Waals surface area contributed by atoms with Crippen molar-refractivity contribution in [2.75, 3.05) is 0 Å². The first-order valence-electron chi connectivity index (χ1n) is 13.0. The molecule has 0 heterocycles. The zero-order chi connectivity index (χ0) is 22.5. The summed E-state index contributed by atoms with van der Waals surface area (Å²) < 4.78 is 0. The van der Waals surface area contributed by atoms with Gasteiger partial charge in [-0.3, -0.25) is 4.79 Å². The van der Waals surface area contributed by atoms with Crippen molar-refractivity contribution in [2.45, 2.75) is 92.4 Å². The van der Waals surface area contributed by atoms with Crippen molar-refractivity contribution in [3.8, 4) is 0 Å². The number of Topliss-reactive ketones (excluding diaryl/α,β-unsaturated/α-hetero) is 1. The maximum Gasteiger partial charge on any atom is 0.133 e. The molecule has 0 radical (unpaired) electrons. The van der Waals surface area contributed by atoms with Crippen LogP contribution in [0.3, 0.4) is 0 Å². The Morgan fingerprint density at radius 3 is 2.48 bits per heavy atom. The number of rotatable bonds is 6. The molecule has 3 aliphatic carbocycles. The van der Waals surface area contributed by atoms with Crippen molar-refractivity contribution >= 4 is 5.78 Å². The maximum absolute atomic E-state index is 11.9. The molecule has 172 valence electrons. The van der Waals surface area contributed by atoms with Gasteiger partial charge in [0.25, 0.3) is 0 Å². The van der Waals surface area contributed by atoms with E-state index in [1.165, 1.54) is 49.7 Å². The Morgan fingerprint density at radius 2 is 1.77 bits per heavy atom. The van der Waals surface area contributed by atoms with Crippen LogP contribution in [0.4, 0.5) is 0 Å². The summed E-state index contributed by atoms with van der Waals surface area (Å²) in [6.45, 7) is 15.5. The van der Waals surface area contributed by atoms with E-state index in [0.29, 0.717) is 17.6 Å². The standard InChI is InChI=1S/C30H46O/c1-20(2)21(3)10-11-23(5)30-17-16-28-19-29(30)9-7-8-25(28)14-15-26-18-27(24(6)31)13-12-22(26)4/h10-11,14-15,20-21,23,27-30H,4,7-9,12-13,16-19H2,1-3,5-6H3/b11-10+,25-14+,26-15+/t21-,23+,27-,28+,29+,30+/m0/s1. The molecule has 3 rings (SSSR count). The highest BCUT2D eigenvalue weighted by Crippen LogP contribution is 2.47. The van der Waals surface area contributed by atoms with Gasteiger partial charge in [0.15, 0.2) is 0 Å². The molecule has 0 spiro atoms. The van der Waals surface area contributed by atoms with Crippen molar-refractivity contribution in [3.63, 3.8) is 0 Å². The van der Waals surface area contributed by atoms with E-state index in [4.69, 9.17) is 0 Å². The molecule has 3 saturated carbocycles. The number of hydrogen-bond acceptors (Lipinski definition) is 1. The highest BCUT2D eigenvalue weighted by atomic mass is 16.1. The molecule has 3 aliphatic rings. The normalized spacial score (nSPS) is 34.3. The summed E-state index contributed by atoms with van der Waals surface area (Å²) in [6.07, 6.45) is 20.7. The predicted octanol–water partition coefficient (Wildman–Crippen LogP) is 8.49. The fourth-order valence-electron chi connectivity index (χ4n) is 6.12. The van der Waals surface area contributed by atoms with Crippen molar-refractivity contribution < 1.29 is 4.79 Å². The topological polar surface area (TPSA) is 17.1 Å². The van der Waals surface area contributed by atoms with Gasteiger partial charge < -0.3 is 0 Å². The Morgan fingerprint density at radius 1 is 1.00 bits per heavy atom. The van der Waals surface area contributed by atoms with Gasteiger partial charge in [0.05, 0.1) is 0 Å². The second kappa shape index (κ2) is 11.0. The van der Waals surface area contributed by atoms with E-state index in [9.17, 15) is 4.79 Å². The lowest BCUT2D eigenvalue weighted by molar-refractivity contribution is -0.121. The lowest BCUT2D eigenvalue weighted by atomic mass is 9.67. The van der Waals surface area contributed by atoms with Gasteiger partial charge in [-0.05, 0) is 106 Å². The van der Waals surface area contributed by atoms with E-state index in [2.05, 4.69) is 58.6 Å². The van der Waals surface area contributed by atoms with E-state index in [1.807, 2.05) is 0 Å². The summed E-state index contributed by atoms with van der Waals surface area (Å²) in [5.74, 6) is 5.17. The van der Waals surface area contributed by atoms with Gasteiger partial charge in [-0.2, -0.15) is 0 Å². The van der Waals surface area contributed by atoms with E-state index in [0.717, 1.165) is 42.9 Å². The number of carbonyl (C=O) groups is 1. The Kier molecular flexibility index (Phi) is 8.59. The largest absolute Gasteiger partial charge is 0.300 e. The van der Waals surface area contributed by atoms with Gasteiger partial charge in [-0.25, -0.2) is 0 Å². The average molecular weight is 423 g/mol. The molecular formula is C30H46O. The second-order valence-corrected chi connectivity index (χ2v) is 11.3. The van der Waals surface area contributed by atoms with Crippen LogP contribution in [-0.2, 0) is 4.79 Å². The summed E-state index contributed by atoms with van der Waals surface area (Å²) in [7, 11) is 0. The van der Waals surface area contributed by atoms with Crippen LogP contribution in [0.25, 0.3) is 0 Å². The Hall–Kier alpha value is -1.37. The summed E-state index contributed by atoms with van der Waals surface area (Å²) in [4.78, 5) is 11.9. The molecule has 6 atom stereocenters. The number of ketones is 1. The minimum absolute atomic E-state index is 0.206. The lowest BCUT2D eigenvalue weighted by Gasteiger charge is -2.38. The van der Waals surface area contributed by atoms with Crippen LogP contribution in [0.1, 0.15) is 92.4 Å². The van der Waals surface area contributed by atoms with Gasteiger partial charge in [-0.15, -0.1) is 0 Å². The van der Waals surface area contributed by atoms with Gasteiger partial charge in [0.1, 0.15) is 5.78 Å². The van der Waals surface area contributed by atoms with E-state index < -0.39 is 0 Å². The molecule has 0 saturated heterocycles. The molecule has 3 fully saturated rings. The monoisotopic (exact) mass is 422 g/mol. The molecule has 1 nitrogen and oxygen atoms in total. The van der Waals surface area contributed by atoms with Crippen LogP contribution >= 0.6 is 0 Å². The number of fused-ring (bicyclic) bond motifs is 2.